The molecule has 0 bridgehead atoms. The fourth-order valence-electron chi connectivity index (χ4n) is 2.50. The van der Waals surface area contributed by atoms with Crippen molar-refractivity contribution in [1.29, 1.82) is 0 Å². The van der Waals surface area contributed by atoms with Gasteiger partial charge in [0, 0.05) is 16.6 Å². The number of anilines is 1. The Balaban J connectivity index is 1.91. The molecule has 0 spiro atoms. The van der Waals surface area contributed by atoms with Crippen LogP contribution in [0.4, 0.5) is 5.69 Å². The van der Waals surface area contributed by atoms with Crippen LogP contribution in [0.1, 0.15) is 38.5 Å². The molecule has 0 atom stereocenters. The molecule has 3 nitrogen and oxygen atoms in total. The predicted octanol–water partition coefficient (Wildman–Crippen LogP) is 3.66. The van der Waals surface area contributed by atoms with Crippen LogP contribution < -0.4 is 10.6 Å². The Labute approximate surface area is 125 Å². The Morgan fingerprint density at radius 2 is 2.05 bits per heavy atom. The molecule has 110 valence electrons. The van der Waals surface area contributed by atoms with Crippen molar-refractivity contribution in [3.05, 3.63) is 24.3 Å². The van der Waals surface area contributed by atoms with Crippen LogP contribution in [0.2, 0.25) is 0 Å². The van der Waals surface area contributed by atoms with Crippen LogP contribution >= 0.6 is 11.8 Å². The summed E-state index contributed by atoms with van der Waals surface area (Å²) >= 11 is 1.92. The highest BCUT2D eigenvalue weighted by atomic mass is 32.2. The number of benzene rings is 1. The Kier molecular flexibility index (Phi) is 6.40. The highest BCUT2D eigenvalue weighted by molar-refractivity contribution is 8.00. The van der Waals surface area contributed by atoms with Gasteiger partial charge in [0.05, 0.1) is 5.69 Å². The van der Waals surface area contributed by atoms with Crippen molar-refractivity contribution >= 4 is 23.4 Å². The zero-order valence-electron chi connectivity index (χ0n) is 12.2. The lowest BCUT2D eigenvalue weighted by atomic mass is 10.2. The van der Waals surface area contributed by atoms with E-state index in [1.54, 1.807) is 0 Å². The normalized spacial score (nSPS) is 15.4. The molecule has 0 saturated heterocycles. The minimum Gasteiger partial charge on any atom is -0.325 e. The van der Waals surface area contributed by atoms with Crippen LogP contribution in [0.15, 0.2) is 29.2 Å². The molecule has 2 rings (SSSR count). The molecule has 1 aliphatic rings. The second-order valence-electron chi connectivity index (χ2n) is 5.28. The van der Waals surface area contributed by atoms with E-state index in [-0.39, 0.29) is 5.91 Å². The number of para-hydroxylation sites is 1. The molecule has 0 unspecified atom stereocenters. The summed E-state index contributed by atoms with van der Waals surface area (Å²) in [5.74, 6) is 0.111. The molecule has 1 saturated carbocycles. The number of hydrogen-bond donors (Lipinski definition) is 2. The number of carbonyl (C=O) groups is 1. The molecule has 1 aliphatic carbocycles. The summed E-state index contributed by atoms with van der Waals surface area (Å²) in [6.45, 7) is 0.881. The molecule has 20 heavy (non-hydrogen) atoms. The molecule has 1 aromatic carbocycles. The molecule has 2 N–H and O–H groups in total. The maximum absolute atomic E-state index is 11.9. The van der Waals surface area contributed by atoms with Crippen molar-refractivity contribution in [1.82, 2.24) is 5.32 Å². The maximum Gasteiger partial charge on any atom is 0.224 e. The first-order chi connectivity index (χ1) is 9.79. The minimum absolute atomic E-state index is 0.111. The molecule has 1 aromatic rings. The average Bonchev–Trinajstić information content (AvgIpc) is 2.94. The van der Waals surface area contributed by atoms with Crippen LogP contribution in [0, 0.1) is 0 Å². The molecule has 1 amide bonds. The number of hydrogen-bond acceptors (Lipinski definition) is 3. The van der Waals surface area contributed by atoms with Crippen LogP contribution in [-0.4, -0.2) is 24.7 Å². The average molecular weight is 292 g/mol. The summed E-state index contributed by atoms with van der Waals surface area (Å²) < 4.78 is 0. The highest BCUT2D eigenvalue weighted by Gasteiger charge is 2.17. The third-order valence-electron chi connectivity index (χ3n) is 3.59. The van der Waals surface area contributed by atoms with E-state index in [9.17, 15) is 4.79 Å². The van der Waals surface area contributed by atoms with Gasteiger partial charge in [-0.1, -0.05) is 25.0 Å². The lowest BCUT2D eigenvalue weighted by Gasteiger charge is -2.14. The minimum atomic E-state index is 0.111. The smallest absolute Gasteiger partial charge is 0.224 e. The standard InChI is InChI=1S/C16H24N2OS/c1-17-12-6-11-16(19)18-14-9-4-5-10-15(14)20-13-7-2-3-8-13/h4-5,9-10,13,17H,2-3,6-8,11-12H2,1H3,(H,18,19). The van der Waals surface area contributed by atoms with Gasteiger partial charge in [0.2, 0.25) is 5.91 Å². The van der Waals surface area contributed by atoms with Crippen molar-refractivity contribution in [2.45, 2.75) is 48.7 Å². The molecule has 0 aliphatic heterocycles. The van der Waals surface area contributed by atoms with Gasteiger partial charge in [-0.15, -0.1) is 11.8 Å². The SMILES string of the molecule is CNCCCC(=O)Nc1ccccc1SC1CCCC1. The molecular formula is C16H24N2OS. The highest BCUT2D eigenvalue weighted by Crippen LogP contribution is 2.37. The van der Waals surface area contributed by atoms with E-state index in [2.05, 4.69) is 16.7 Å². The van der Waals surface area contributed by atoms with E-state index in [4.69, 9.17) is 0 Å². The van der Waals surface area contributed by atoms with Crippen LogP contribution in [-0.2, 0) is 4.79 Å². The number of thioether (sulfide) groups is 1. The molecule has 0 radical (unpaired) electrons. The summed E-state index contributed by atoms with van der Waals surface area (Å²) in [6.07, 6.45) is 6.74. The van der Waals surface area contributed by atoms with Gasteiger partial charge in [0.15, 0.2) is 0 Å². The van der Waals surface area contributed by atoms with Gasteiger partial charge in [0.25, 0.3) is 0 Å². The van der Waals surface area contributed by atoms with Gasteiger partial charge in [0.1, 0.15) is 0 Å². The third kappa shape index (κ3) is 4.84. The summed E-state index contributed by atoms with van der Waals surface area (Å²) in [5, 5.41) is 6.84. The molecular weight excluding hydrogens is 268 g/mol. The maximum atomic E-state index is 11.9. The first-order valence-electron chi connectivity index (χ1n) is 7.49. The number of carbonyl (C=O) groups excluding carboxylic acids is 1. The fraction of sp³-hybridized carbons (Fsp3) is 0.562. The zero-order chi connectivity index (χ0) is 14.2. The lowest BCUT2D eigenvalue weighted by Crippen LogP contribution is -2.15. The summed E-state index contributed by atoms with van der Waals surface area (Å²) in [7, 11) is 1.91. The molecule has 0 heterocycles. The third-order valence-corrected chi connectivity index (χ3v) is 5.00. The van der Waals surface area contributed by atoms with Crippen molar-refractivity contribution in [3.8, 4) is 0 Å². The first-order valence-corrected chi connectivity index (χ1v) is 8.37. The Morgan fingerprint density at radius 1 is 1.30 bits per heavy atom. The second-order valence-corrected chi connectivity index (χ2v) is 6.62. The van der Waals surface area contributed by atoms with E-state index in [1.165, 1.54) is 30.6 Å². The number of rotatable bonds is 7. The van der Waals surface area contributed by atoms with Gasteiger partial charge < -0.3 is 10.6 Å². The Morgan fingerprint density at radius 3 is 2.80 bits per heavy atom. The van der Waals surface area contributed by atoms with Crippen LogP contribution in [0.5, 0.6) is 0 Å². The predicted molar refractivity (Wildman–Crippen MR) is 86.3 cm³/mol. The summed E-state index contributed by atoms with van der Waals surface area (Å²) in [5.41, 5.74) is 0.971. The van der Waals surface area contributed by atoms with Gasteiger partial charge in [-0.2, -0.15) is 0 Å². The van der Waals surface area contributed by atoms with Crippen LogP contribution in [0.3, 0.4) is 0 Å². The topological polar surface area (TPSA) is 41.1 Å². The number of nitrogens with one attached hydrogen (secondary N) is 2. The van der Waals surface area contributed by atoms with Crippen molar-refractivity contribution in [2.24, 2.45) is 0 Å². The van der Waals surface area contributed by atoms with Crippen molar-refractivity contribution in [3.63, 3.8) is 0 Å². The zero-order valence-corrected chi connectivity index (χ0v) is 13.0. The quantitative estimate of drug-likeness (QED) is 0.754. The summed E-state index contributed by atoms with van der Waals surface area (Å²) in [6, 6.07) is 8.16. The van der Waals surface area contributed by atoms with Gasteiger partial charge in [-0.3, -0.25) is 4.79 Å². The van der Waals surface area contributed by atoms with Gasteiger partial charge in [-0.05, 0) is 45.0 Å². The summed E-state index contributed by atoms with van der Waals surface area (Å²) in [4.78, 5) is 13.1. The Bertz CT molecular complexity index is 430. The molecule has 0 aromatic heterocycles. The fourth-order valence-corrected chi connectivity index (χ4v) is 3.83. The van der Waals surface area contributed by atoms with Crippen molar-refractivity contribution in [2.75, 3.05) is 18.9 Å². The first kappa shape index (κ1) is 15.4. The second kappa shape index (κ2) is 8.32. The monoisotopic (exact) mass is 292 g/mol. The van der Waals surface area contributed by atoms with E-state index in [0.29, 0.717) is 6.42 Å². The van der Waals surface area contributed by atoms with Gasteiger partial charge >= 0.3 is 0 Å². The molecule has 1 fully saturated rings. The molecule has 4 heteroatoms. The van der Waals surface area contributed by atoms with Crippen LogP contribution in [0.25, 0.3) is 0 Å². The number of amides is 1. The van der Waals surface area contributed by atoms with E-state index < -0.39 is 0 Å². The van der Waals surface area contributed by atoms with E-state index in [1.807, 2.05) is 37.0 Å². The largest absolute Gasteiger partial charge is 0.325 e. The lowest BCUT2D eigenvalue weighted by molar-refractivity contribution is -0.116. The van der Waals surface area contributed by atoms with E-state index >= 15 is 0 Å². The Hall–Kier alpha value is -1.00. The van der Waals surface area contributed by atoms with Crippen molar-refractivity contribution < 1.29 is 4.79 Å². The van der Waals surface area contributed by atoms with Gasteiger partial charge in [-0.25, -0.2) is 0 Å². The van der Waals surface area contributed by atoms with E-state index in [0.717, 1.165) is 23.9 Å².